The predicted octanol–water partition coefficient (Wildman–Crippen LogP) is 7.44. The van der Waals surface area contributed by atoms with Crippen molar-refractivity contribution in [3.63, 3.8) is 0 Å². The van der Waals surface area contributed by atoms with Crippen molar-refractivity contribution in [1.29, 1.82) is 0 Å². The summed E-state index contributed by atoms with van der Waals surface area (Å²) in [6, 6.07) is 35.6. The van der Waals surface area contributed by atoms with Crippen molar-refractivity contribution >= 4 is 0 Å². The fraction of sp³-hybridized carbons (Fsp3) is 0.200. The molecule has 0 atom stereocenters. The van der Waals surface area contributed by atoms with Crippen LogP contribution in [0.1, 0.15) is 49.9 Å². The van der Waals surface area contributed by atoms with Crippen LogP contribution in [0.2, 0.25) is 0 Å². The van der Waals surface area contributed by atoms with Gasteiger partial charge in [-0.05, 0) is 46.5 Å². The van der Waals surface area contributed by atoms with Crippen LogP contribution in [-0.4, -0.2) is 10.2 Å². The van der Waals surface area contributed by atoms with Crippen LogP contribution in [0.15, 0.2) is 109 Å². The summed E-state index contributed by atoms with van der Waals surface area (Å²) in [5, 5.41) is 18.8. The second-order valence-corrected chi connectivity index (χ2v) is 9.08. The SMILES string of the molecule is CC(C)(c1ccccc1)c1ccc(O)cc1.CC(C)(c1ccccc1)c1cccc(O)c1. The van der Waals surface area contributed by atoms with E-state index in [0.29, 0.717) is 11.5 Å². The fourth-order valence-electron chi connectivity index (χ4n) is 3.82. The molecule has 0 radical (unpaired) electrons. The van der Waals surface area contributed by atoms with E-state index in [0.717, 1.165) is 5.56 Å². The number of hydrogen-bond acceptors (Lipinski definition) is 2. The molecule has 0 aliphatic rings. The molecule has 0 bridgehead atoms. The summed E-state index contributed by atoms with van der Waals surface area (Å²) in [5.41, 5.74) is 4.74. The molecule has 0 aliphatic carbocycles. The maximum absolute atomic E-state index is 9.52. The van der Waals surface area contributed by atoms with Crippen LogP contribution in [0.4, 0.5) is 0 Å². The van der Waals surface area contributed by atoms with E-state index < -0.39 is 0 Å². The molecule has 0 saturated heterocycles. The molecule has 2 heteroatoms. The summed E-state index contributed by atoms with van der Waals surface area (Å²) in [6.45, 7) is 8.71. The van der Waals surface area contributed by atoms with E-state index in [2.05, 4.69) is 64.1 Å². The van der Waals surface area contributed by atoms with Gasteiger partial charge in [0, 0.05) is 10.8 Å². The maximum Gasteiger partial charge on any atom is 0.115 e. The quantitative estimate of drug-likeness (QED) is 0.357. The van der Waals surface area contributed by atoms with Crippen LogP contribution in [0.5, 0.6) is 11.5 Å². The zero-order chi connectivity index (χ0) is 23.2. The van der Waals surface area contributed by atoms with Crippen LogP contribution in [-0.2, 0) is 10.8 Å². The van der Waals surface area contributed by atoms with Gasteiger partial charge in [0.1, 0.15) is 11.5 Å². The molecule has 2 nitrogen and oxygen atoms in total. The Bertz CT molecular complexity index is 1110. The number of rotatable bonds is 4. The fourth-order valence-corrected chi connectivity index (χ4v) is 3.82. The van der Waals surface area contributed by atoms with Gasteiger partial charge < -0.3 is 10.2 Å². The Morgan fingerprint density at radius 2 is 0.812 bits per heavy atom. The second kappa shape index (κ2) is 9.74. The Hall–Kier alpha value is -3.52. The summed E-state index contributed by atoms with van der Waals surface area (Å²) >= 11 is 0. The number of phenols is 2. The lowest BCUT2D eigenvalue weighted by Crippen LogP contribution is -2.18. The third kappa shape index (κ3) is 5.39. The molecule has 0 fully saturated rings. The van der Waals surface area contributed by atoms with Crippen LogP contribution < -0.4 is 0 Å². The number of phenolic OH excluding ortho intramolecular Hbond substituents is 2. The van der Waals surface area contributed by atoms with Crippen LogP contribution in [0.3, 0.4) is 0 Å². The van der Waals surface area contributed by atoms with Crippen molar-refractivity contribution in [3.05, 3.63) is 131 Å². The van der Waals surface area contributed by atoms with E-state index in [4.69, 9.17) is 0 Å². The molecule has 0 aliphatic heterocycles. The monoisotopic (exact) mass is 424 g/mol. The Balaban J connectivity index is 0.000000181. The highest BCUT2D eigenvalue weighted by atomic mass is 16.3. The lowest BCUT2D eigenvalue weighted by molar-refractivity contribution is 0.472. The molecule has 0 aromatic heterocycles. The largest absolute Gasteiger partial charge is 0.508 e. The van der Waals surface area contributed by atoms with Gasteiger partial charge in [-0.25, -0.2) is 0 Å². The van der Waals surface area contributed by atoms with E-state index in [1.165, 1.54) is 16.7 Å². The summed E-state index contributed by atoms with van der Waals surface area (Å²) in [7, 11) is 0. The molecular weight excluding hydrogens is 392 g/mol. The molecule has 0 saturated carbocycles. The third-order valence-electron chi connectivity index (χ3n) is 6.15. The molecule has 4 aromatic rings. The molecular formula is C30H32O2. The topological polar surface area (TPSA) is 40.5 Å². The number of hydrogen-bond donors (Lipinski definition) is 2. The zero-order valence-electron chi connectivity index (χ0n) is 19.3. The average Bonchev–Trinajstić information content (AvgIpc) is 2.81. The average molecular weight is 425 g/mol. The smallest absolute Gasteiger partial charge is 0.115 e. The Morgan fingerprint density at radius 3 is 1.28 bits per heavy atom. The van der Waals surface area contributed by atoms with Crippen molar-refractivity contribution in [1.82, 2.24) is 0 Å². The van der Waals surface area contributed by atoms with E-state index in [1.807, 2.05) is 54.6 Å². The van der Waals surface area contributed by atoms with Crippen molar-refractivity contribution in [2.24, 2.45) is 0 Å². The third-order valence-corrected chi connectivity index (χ3v) is 6.15. The van der Waals surface area contributed by atoms with Crippen molar-refractivity contribution < 1.29 is 10.2 Å². The number of aromatic hydroxyl groups is 2. The first-order valence-electron chi connectivity index (χ1n) is 10.9. The molecule has 164 valence electrons. The minimum Gasteiger partial charge on any atom is -0.508 e. The lowest BCUT2D eigenvalue weighted by Gasteiger charge is -2.26. The predicted molar refractivity (Wildman–Crippen MR) is 133 cm³/mol. The van der Waals surface area contributed by atoms with Gasteiger partial charge in [-0.15, -0.1) is 0 Å². The summed E-state index contributed by atoms with van der Waals surface area (Å²) in [6.07, 6.45) is 0. The normalized spacial score (nSPS) is 11.4. The van der Waals surface area contributed by atoms with E-state index in [1.54, 1.807) is 18.2 Å². The first-order valence-corrected chi connectivity index (χ1v) is 10.9. The first kappa shape index (κ1) is 23.1. The van der Waals surface area contributed by atoms with Crippen LogP contribution >= 0.6 is 0 Å². The van der Waals surface area contributed by atoms with Gasteiger partial charge in [0.25, 0.3) is 0 Å². The van der Waals surface area contributed by atoms with Crippen molar-refractivity contribution in [3.8, 4) is 11.5 Å². The Morgan fingerprint density at radius 1 is 0.406 bits per heavy atom. The molecule has 2 N–H and O–H groups in total. The highest BCUT2D eigenvalue weighted by Gasteiger charge is 2.23. The standard InChI is InChI=1S/2C15H16O/c1-15(2,12-7-4-3-5-8-12)13-9-6-10-14(16)11-13;1-15(2,12-6-4-3-5-7-12)13-8-10-14(16)11-9-13/h2*3-11,16H,1-2H3. The van der Waals surface area contributed by atoms with Gasteiger partial charge in [-0.3, -0.25) is 0 Å². The molecule has 0 heterocycles. The molecule has 4 rings (SSSR count). The first-order chi connectivity index (χ1) is 15.2. The van der Waals surface area contributed by atoms with Gasteiger partial charge >= 0.3 is 0 Å². The van der Waals surface area contributed by atoms with E-state index in [9.17, 15) is 10.2 Å². The molecule has 0 unspecified atom stereocenters. The minimum absolute atomic E-state index is 0.0328. The van der Waals surface area contributed by atoms with Crippen LogP contribution in [0.25, 0.3) is 0 Å². The zero-order valence-corrected chi connectivity index (χ0v) is 19.3. The van der Waals surface area contributed by atoms with E-state index >= 15 is 0 Å². The van der Waals surface area contributed by atoms with E-state index in [-0.39, 0.29) is 10.8 Å². The lowest BCUT2D eigenvalue weighted by atomic mass is 9.78. The highest BCUT2D eigenvalue weighted by Crippen LogP contribution is 2.33. The summed E-state index contributed by atoms with van der Waals surface area (Å²) in [4.78, 5) is 0. The van der Waals surface area contributed by atoms with Crippen molar-refractivity contribution in [2.45, 2.75) is 38.5 Å². The summed E-state index contributed by atoms with van der Waals surface area (Å²) < 4.78 is 0. The highest BCUT2D eigenvalue weighted by molar-refractivity contribution is 5.41. The van der Waals surface area contributed by atoms with Gasteiger partial charge in [0.2, 0.25) is 0 Å². The van der Waals surface area contributed by atoms with Gasteiger partial charge in [0.05, 0.1) is 0 Å². The molecule has 32 heavy (non-hydrogen) atoms. The second-order valence-electron chi connectivity index (χ2n) is 9.08. The van der Waals surface area contributed by atoms with Crippen LogP contribution in [0, 0.1) is 0 Å². The van der Waals surface area contributed by atoms with Gasteiger partial charge in [-0.2, -0.15) is 0 Å². The maximum atomic E-state index is 9.52. The number of benzene rings is 4. The molecule has 0 amide bonds. The Labute approximate surface area is 191 Å². The molecule has 0 spiro atoms. The minimum atomic E-state index is -0.0833. The van der Waals surface area contributed by atoms with Gasteiger partial charge in [-0.1, -0.05) is 113 Å². The van der Waals surface area contributed by atoms with Gasteiger partial charge in [0.15, 0.2) is 0 Å². The molecule has 4 aromatic carbocycles. The van der Waals surface area contributed by atoms with Crippen molar-refractivity contribution in [2.75, 3.05) is 0 Å². The Kier molecular flexibility index (Phi) is 7.05. The summed E-state index contributed by atoms with van der Waals surface area (Å²) in [5.74, 6) is 0.633.